The molecule has 61 heavy (non-hydrogen) atoms. The summed E-state index contributed by atoms with van der Waals surface area (Å²) in [5.41, 5.74) is -2.80. The lowest BCUT2D eigenvalue weighted by atomic mass is 9.74. The zero-order chi connectivity index (χ0) is 45.4. The first-order chi connectivity index (χ1) is 28.7. The molecule has 4 rings (SSSR count). The summed E-state index contributed by atoms with van der Waals surface area (Å²) in [7, 11) is 5.10. The Morgan fingerprint density at radius 1 is 0.934 bits per heavy atom. The fourth-order valence-electron chi connectivity index (χ4n) is 8.64. The maximum atomic E-state index is 14.4. The number of rotatable bonds is 9. The number of amides is 2. The van der Waals surface area contributed by atoms with Crippen molar-refractivity contribution in [3.63, 3.8) is 0 Å². The molecular formula is C46H65N3O12. The van der Waals surface area contributed by atoms with Crippen molar-refractivity contribution in [2.45, 2.75) is 129 Å². The Morgan fingerprint density at radius 2 is 1.57 bits per heavy atom. The van der Waals surface area contributed by atoms with E-state index in [1.54, 1.807) is 27.7 Å². The van der Waals surface area contributed by atoms with E-state index in [9.17, 15) is 34.2 Å². The van der Waals surface area contributed by atoms with Crippen LogP contribution in [0.1, 0.15) is 80.2 Å². The van der Waals surface area contributed by atoms with E-state index in [1.807, 2.05) is 68.4 Å². The van der Waals surface area contributed by atoms with Gasteiger partial charge in [0, 0.05) is 49.6 Å². The van der Waals surface area contributed by atoms with Crippen LogP contribution in [0, 0.1) is 35.5 Å². The molecule has 15 heteroatoms. The van der Waals surface area contributed by atoms with Gasteiger partial charge >= 0.3 is 12.1 Å². The first kappa shape index (κ1) is 49.2. The number of aliphatic hydroxyl groups excluding tert-OH is 1. The van der Waals surface area contributed by atoms with Crippen molar-refractivity contribution in [2.24, 2.45) is 23.7 Å². The SMILES string of the molecule is CC[C@H]1OC(=O)[C@H](C)C(=O)[C@H](C)[C@@H](O[C@@H]2O[C@H](C)C[C@H](N(C)C)[C@H]2O)[C@](C)(OC)C[C@@H](C)C(=O)[C@H](C)[C@@H](OC(=O)NCCNC(=O)C#Cc2cccc3ccccc23)[C@]1(C)O. The van der Waals surface area contributed by atoms with Crippen LogP contribution < -0.4 is 10.6 Å². The molecule has 2 amide bonds. The lowest BCUT2D eigenvalue weighted by Crippen LogP contribution is -2.60. The maximum absolute atomic E-state index is 14.4. The molecule has 0 unspecified atom stereocenters. The van der Waals surface area contributed by atoms with Crippen LogP contribution in [0.2, 0.25) is 0 Å². The van der Waals surface area contributed by atoms with Crippen molar-refractivity contribution >= 4 is 40.3 Å². The standard InChI is InChI=1S/C46H65N3O12/c1-12-35-46(8,56)41(61-44(55)48-23-22-47-36(50)21-20-32-18-15-17-31-16-13-14-19-33(31)32)28(4)37(51)26(2)25-45(7,57-11)40(29(5)38(52)30(6)42(54)59-35)60-43-39(53)34(49(9)10)24-27(3)58-43/h13-19,26-30,34-35,39-41,43,53,56H,12,22-25H2,1-11H3,(H,47,50)(H,48,55)/t26-,27-,28+,29+,30-,34+,35-,39-,40-,41-,43+,45-,46-/m1/s1. The molecule has 0 spiro atoms. The Balaban J connectivity index is 1.56. The van der Waals surface area contributed by atoms with Gasteiger partial charge in [0.15, 0.2) is 12.1 Å². The second-order valence-corrected chi connectivity index (χ2v) is 17.2. The predicted octanol–water partition coefficient (Wildman–Crippen LogP) is 3.78. The molecule has 336 valence electrons. The molecule has 0 aliphatic carbocycles. The molecule has 2 aromatic carbocycles. The first-order valence-electron chi connectivity index (χ1n) is 21.1. The van der Waals surface area contributed by atoms with Crippen molar-refractivity contribution in [1.29, 1.82) is 0 Å². The monoisotopic (exact) mass is 851 g/mol. The summed E-state index contributed by atoms with van der Waals surface area (Å²) < 4.78 is 30.3. The summed E-state index contributed by atoms with van der Waals surface area (Å²) in [5.74, 6) is -1.37. The molecule has 0 radical (unpaired) electrons. The number of aliphatic hydroxyl groups is 2. The summed E-state index contributed by atoms with van der Waals surface area (Å²) in [5, 5.41) is 30.6. The number of hydrogen-bond acceptors (Lipinski definition) is 13. The third kappa shape index (κ3) is 11.7. The summed E-state index contributed by atoms with van der Waals surface area (Å²) in [6, 6.07) is 13.0. The van der Waals surface area contributed by atoms with Crippen molar-refractivity contribution in [3.05, 3.63) is 48.0 Å². The molecule has 2 fully saturated rings. The molecule has 2 saturated heterocycles. The fraction of sp³-hybridized carbons (Fsp3) is 0.630. The normalized spacial score (nSPS) is 34.1. The molecular weight excluding hydrogens is 787 g/mol. The van der Waals surface area contributed by atoms with Crippen molar-refractivity contribution in [2.75, 3.05) is 34.3 Å². The highest BCUT2D eigenvalue weighted by molar-refractivity contribution is 6.00. The maximum Gasteiger partial charge on any atom is 0.407 e. The van der Waals surface area contributed by atoms with E-state index in [0.717, 1.165) is 10.8 Å². The average Bonchev–Trinajstić information content (AvgIpc) is 3.23. The minimum atomic E-state index is -2.12. The molecule has 0 bridgehead atoms. The van der Waals surface area contributed by atoms with Gasteiger partial charge in [0.1, 0.15) is 35.6 Å². The molecule has 0 aromatic heterocycles. The summed E-state index contributed by atoms with van der Waals surface area (Å²) in [4.78, 5) is 70.1. The van der Waals surface area contributed by atoms with Gasteiger partial charge in [-0.2, -0.15) is 0 Å². The number of alkyl carbamates (subject to hydrolysis) is 1. The number of hydrogen-bond donors (Lipinski definition) is 4. The van der Waals surface area contributed by atoms with Gasteiger partial charge in [-0.05, 0) is 77.9 Å². The number of methoxy groups -OCH3 is 1. The van der Waals surface area contributed by atoms with Gasteiger partial charge in [-0.1, -0.05) is 70.0 Å². The van der Waals surface area contributed by atoms with Crippen molar-refractivity contribution < 1.29 is 57.9 Å². The minimum Gasteiger partial charge on any atom is -0.459 e. The number of esters is 1. The summed E-state index contributed by atoms with van der Waals surface area (Å²) >= 11 is 0. The number of carbonyl (C=O) groups is 5. The molecule has 2 heterocycles. The van der Waals surface area contributed by atoms with Crippen LogP contribution in [0.15, 0.2) is 42.5 Å². The number of likely N-dealkylation sites (N-methyl/N-ethyl adjacent to an activating group) is 1. The molecule has 2 aromatic rings. The molecule has 2 aliphatic heterocycles. The largest absolute Gasteiger partial charge is 0.459 e. The minimum absolute atomic E-state index is 0.00931. The van der Waals surface area contributed by atoms with Gasteiger partial charge in [-0.25, -0.2) is 4.79 Å². The number of ether oxygens (including phenoxy) is 5. The lowest BCUT2D eigenvalue weighted by Gasteiger charge is -2.47. The summed E-state index contributed by atoms with van der Waals surface area (Å²) in [6.07, 6.45) is -7.03. The van der Waals surface area contributed by atoms with E-state index >= 15 is 0 Å². The third-order valence-electron chi connectivity index (χ3n) is 12.3. The Morgan fingerprint density at radius 3 is 2.23 bits per heavy atom. The number of cyclic esters (lactones) is 1. The Kier molecular flexibility index (Phi) is 17.0. The van der Waals surface area contributed by atoms with Gasteiger partial charge in [0.2, 0.25) is 0 Å². The van der Waals surface area contributed by atoms with Crippen LogP contribution >= 0.6 is 0 Å². The molecule has 13 atom stereocenters. The van der Waals surface area contributed by atoms with Crippen molar-refractivity contribution in [3.8, 4) is 11.8 Å². The average molecular weight is 852 g/mol. The Hall–Kier alpha value is -4.43. The number of nitrogens with one attached hydrogen (secondary N) is 2. The Labute approximate surface area is 359 Å². The van der Waals surface area contributed by atoms with E-state index < -0.39 is 95.1 Å². The second-order valence-electron chi connectivity index (χ2n) is 17.2. The smallest absolute Gasteiger partial charge is 0.407 e. The number of ketones is 2. The van der Waals surface area contributed by atoms with Gasteiger partial charge in [-0.3, -0.25) is 19.2 Å². The van der Waals surface area contributed by atoms with Crippen LogP contribution in [-0.4, -0.2) is 133 Å². The van der Waals surface area contributed by atoms with Crippen molar-refractivity contribution in [1.82, 2.24) is 15.5 Å². The van der Waals surface area contributed by atoms with Crippen LogP contribution in [0.4, 0.5) is 4.79 Å². The topological polar surface area (TPSA) is 199 Å². The zero-order valence-corrected chi connectivity index (χ0v) is 37.4. The lowest BCUT2D eigenvalue weighted by molar-refractivity contribution is -0.295. The second kappa shape index (κ2) is 21.1. The van der Waals surface area contributed by atoms with Gasteiger partial charge in [0.25, 0.3) is 5.91 Å². The number of Topliss-reactive ketones (excluding diaryl/α,β-unsaturated/α-hetero) is 2. The quantitative estimate of drug-likeness (QED) is 0.123. The van der Waals surface area contributed by atoms with E-state index in [0.29, 0.717) is 12.0 Å². The third-order valence-corrected chi connectivity index (χ3v) is 12.3. The van der Waals surface area contributed by atoms with E-state index in [2.05, 4.69) is 22.5 Å². The van der Waals surface area contributed by atoms with Crippen LogP contribution in [-0.2, 0) is 42.9 Å². The van der Waals surface area contributed by atoms with Crippen LogP contribution in [0.5, 0.6) is 0 Å². The number of nitrogens with zero attached hydrogens (tertiary/aromatic N) is 1. The highest BCUT2D eigenvalue weighted by Crippen LogP contribution is 2.39. The van der Waals surface area contributed by atoms with Gasteiger partial charge in [-0.15, -0.1) is 0 Å². The predicted molar refractivity (Wildman–Crippen MR) is 227 cm³/mol. The molecule has 2 aliphatic rings. The van der Waals surface area contributed by atoms with Crippen LogP contribution in [0.3, 0.4) is 0 Å². The first-order valence-corrected chi connectivity index (χ1v) is 21.1. The number of benzene rings is 2. The number of carbonyl (C=O) groups excluding carboxylic acids is 5. The van der Waals surface area contributed by atoms with Gasteiger partial charge in [0.05, 0.1) is 23.7 Å². The highest BCUT2D eigenvalue weighted by atomic mass is 16.7. The summed E-state index contributed by atoms with van der Waals surface area (Å²) in [6.45, 7) is 12.6. The number of fused-ring (bicyclic) bond motifs is 1. The van der Waals surface area contributed by atoms with E-state index in [4.69, 9.17) is 23.7 Å². The Bertz CT molecular complexity index is 1940. The van der Waals surface area contributed by atoms with Gasteiger partial charge < -0.3 is 49.4 Å². The molecule has 4 N–H and O–H groups in total. The highest BCUT2D eigenvalue weighted by Gasteiger charge is 2.53. The molecule has 15 nitrogen and oxygen atoms in total. The fourth-order valence-corrected chi connectivity index (χ4v) is 8.64. The van der Waals surface area contributed by atoms with E-state index in [1.165, 1.54) is 27.9 Å². The zero-order valence-electron chi connectivity index (χ0n) is 37.4. The van der Waals surface area contributed by atoms with E-state index in [-0.39, 0.29) is 38.1 Å². The van der Waals surface area contributed by atoms with Crippen LogP contribution in [0.25, 0.3) is 10.8 Å². The molecule has 0 saturated carbocycles.